The molecule has 3 nitrogen and oxygen atoms in total. The molecule has 0 atom stereocenters. The maximum Gasteiger partial charge on any atom is 0.169 e. The summed E-state index contributed by atoms with van der Waals surface area (Å²) in [5.41, 5.74) is -0.133. The highest BCUT2D eigenvalue weighted by Gasteiger charge is 2.31. The molecule has 1 heterocycles. The Balaban J connectivity index is 1.48. The van der Waals surface area contributed by atoms with Crippen LogP contribution in [0.5, 0.6) is 0 Å². The lowest BCUT2D eigenvalue weighted by Crippen LogP contribution is -2.47. The van der Waals surface area contributed by atoms with E-state index in [9.17, 15) is 13.6 Å². The molecule has 1 saturated heterocycles. The van der Waals surface area contributed by atoms with Crippen LogP contribution in [0.2, 0.25) is 0 Å². The number of ketones is 1. The molecule has 1 aliphatic heterocycles. The third kappa shape index (κ3) is 3.47. The molecule has 0 N–H and O–H groups in total. The molecule has 0 unspecified atom stereocenters. The van der Waals surface area contributed by atoms with Gasteiger partial charge < -0.3 is 4.90 Å². The van der Waals surface area contributed by atoms with Gasteiger partial charge in [-0.15, -0.1) is 0 Å². The molecule has 1 aromatic rings. The van der Waals surface area contributed by atoms with Crippen LogP contribution in [0.15, 0.2) is 18.2 Å². The van der Waals surface area contributed by atoms with Crippen LogP contribution in [0.25, 0.3) is 0 Å². The van der Waals surface area contributed by atoms with E-state index >= 15 is 0 Å². The van der Waals surface area contributed by atoms with Crippen LogP contribution >= 0.6 is 0 Å². The van der Waals surface area contributed by atoms with E-state index in [-0.39, 0.29) is 17.8 Å². The Morgan fingerprint density at radius 2 is 1.86 bits per heavy atom. The minimum atomic E-state index is -1.03. The van der Waals surface area contributed by atoms with Gasteiger partial charge in [0.25, 0.3) is 0 Å². The van der Waals surface area contributed by atoms with Crippen molar-refractivity contribution in [2.75, 3.05) is 32.7 Å². The second kappa shape index (κ2) is 6.20. The predicted molar refractivity (Wildman–Crippen MR) is 76.3 cm³/mol. The number of rotatable bonds is 5. The molecule has 5 heteroatoms. The minimum absolute atomic E-state index is 0.133. The third-order valence-electron chi connectivity index (χ3n) is 4.38. The molecular formula is C16H20F2N2O. The lowest BCUT2D eigenvalue weighted by atomic mass is 10.1. The molecule has 1 aromatic carbocycles. The monoisotopic (exact) mass is 294 g/mol. The molecule has 0 spiro atoms. The summed E-state index contributed by atoms with van der Waals surface area (Å²) in [6.45, 7) is 4.62. The summed E-state index contributed by atoms with van der Waals surface area (Å²) in [7, 11) is 0. The number of carbonyl (C=O) groups is 1. The van der Waals surface area contributed by atoms with Gasteiger partial charge in [0.15, 0.2) is 17.4 Å². The topological polar surface area (TPSA) is 23.6 Å². The Labute approximate surface area is 123 Å². The minimum Gasteiger partial charge on any atom is -0.300 e. The number of hydrogen-bond acceptors (Lipinski definition) is 3. The summed E-state index contributed by atoms with van der Waals surface area (Å²) < 4.78 is 26.7. The summed E-state index contributed by atoms with van der Waals surface area (Å²) in [4.78, 5) is 16.7. The fourth-order valence-corrected chi connectivity index (χ4v) is 2.91. The van der Waals surface area contributed by atoms with Gasteiger partial charge in [0.05, 0.1) is 5.56 Å². The predicted octanol–water partition coefficient (Wildman–Crippen LogP) is 2.32. The molecule has 1 saturated carbocycles. The normalized spacial score (nSPS) is 20.7. The first kappa shape index (κ1) is 14.6. The maximum absolute atomic E-state index is 13.5. The smallest absolute Gasteiger partial charge is 0.169 e. The molecule has 114 valence electrons. The highest BCUT2D eigenvalue weighted by molar-refractivity contribution is 5.96. The Morgan fingerprint density at radius 1 is 1.14 bits per heavy atom. The molecule has 21 heavy (non-hydrogen) atoms. The Morgan fingerprint density at radius 3 is 2.52 bits per heavy atom. The van der Waals surface area contributed by atoms with Crippen LogP contribution in [-0.2, 0) is 0 Å². The van der Waals surface area contributed by atoms with Crippen molar-refractivity contribution in [1.82, 2.24) is 9.80 Å². The molecule has 0 radical (unpaired) electrons. The van der Waals surface area contributed by atoms with Crippen molar-refractivity contribution in [3.63, 3.8) is 0 Å². The van der Waals surface area contributed by atoms with Crippen LogP contribution in [0, 0.1) is 11.6 Å². The molecule has 1 aliphatic carbocycles. The van der Waals surface area contributed by atoms with Crippen LogP contribution in [-0.4, -0.2) is 54.3 Å². The zero-order valence-corrected chi connectivity index (χ0v) is 12.0. The summed E-state index contributed by atoms with van der Waals surface area (Å²) in [6, 6.07) is 4.55. The van der Waals surface area contributed by atoms with E-state index in [0.717, 1.165) is 38.3 Å². The summed E-state index contributed by atoms with van der Waals surface area (Å²) in [5, 5.41) is 0. The molecule has 0 aromatic heterocycles. The lowest BCUT2D eigenvalue weighted by Gasteiger charge is -2.34. The second-order valence-corrected chi connectivity index (χ2v) is 5.88. The first-order valence-electron chi connectivity index (χ1n) is 7.59. The van der Waals surface area contributed by atoms with E-state index in [1.165, 1.54) is 25.0 Å². The standard InChI is InChI=1S/C16H20F2N2O/c17-14-3-1-2-13(16(14)18)15(21)6-7-19-8-10-20(11-9-19)12-4-5-12/h1-3,12H,4-11H2. The average Bonchev–Trinajstić information content (AvgIpc) is 3.33. The van der Waals surface area contributed by atoms with Crippen molar-refractivity contribution in [3.05, 3.63) is 35.4 Å². The van der Waals surface area contributed by atoms with Gasteiger partial charge in [-0.2, -0.15) is 0 Å². The second-order valence-electron chi connectivity index (χ2n) is 5.88. The van der Waals surface area contributed by atoms with Gasteiger partial charge in [-0.3, -0.25) is 9.69 Å². The Kier molecular flexibility index (Phi) is 4.31. The van der Waals surface area contributed by atoms with E-state index in [0.29, 0.717) is 6.54 Å². The fraction of sp³-hybridized carbons (Fsp3) is 0.562. The van der Waals surface area contributed by atoms with Gasteiger partial charge in [0, 0.05) is 45.2 Å². The Hall–Kier alpha value is -1.33. The van der Waals surface area contributed by atoms with Gasteiger partial charge in [-0.25, -0.2) is 8.78 Å². The molecule has 2 aliphatic rings. The van der Waals surface area contributed by atoms with E-state index in [2.05, 4.69) is 9.80 Å². The number of carbonyl (C=O) groups excluding carboxylic acids is 1. The van der Waals surface area contributed by atoms with Crippen molar-refractivity contribution in [3.8, 4) is 0 Å². The van der Waals surface area contributed by atoms with Crippen molar-refractivity contribution in [1.29, 1.82) is 0 Å². The number of benzene rings is 1. The molecule has 0 bridgehead atoms. The molecular weight excluding hydrogens is 274 g/mol. The SMILES string of the molecule is O=C(CCN1CCN(C2CC2)CC1)c1cccc(F)c1F. The van der Waals surface area contributed by atoms with Crippen molar-refractivity contribution < 1.29 is 13.6 Å². The largest absolute Gasteiger partial charge is 0.300 e. The average molecular weight is 294 g/mol. The van der Waals surface area contributed by atoms with E-state index in [4.69, 9.17) is 0 Å². The maximum atomic E-state index is 13.5. The van der Waals surface area contributed by atoms with Crippen LogP contribution < -0.4 is 0 Å². The zero-order chi connectivity index (χ0) is 14.8. The van der Waals surface area contributed by atoms with Crippen LogP contribution in [0.3, 0.4) is 0 Å². The summed E-state index contributed by atoms with van der Waals surface area (Å²) >= 11 is 0. The quantitative estimate of drug-likeness (QED) is 0.779. The van der Waals surface area contributed by atoms with Crippen molar-refractivity contribution in [2.45, 2.75) is 25.3 Å². The Bertz CT molecular complexity index is 523. The number of Topliss-reactive ketones (excluding diaryl/α,β-unsaturated/α-hetero) is 1. The lowest BCUT2D eigenvalue weighted by molar-refractivity contribution is 0.0917. The third-order valence-corrected chi connectivity index (χ3v) is 4.38. The number of hydrogen-bond donors (Lipinski definition) is 0. The first-order valence-corrected chi connectivity index (χ1v) is 7.59. The van der Waals surface area contributed by atoms with Crippen LogP contribution in [0.4, 0.5) is 8.78 Å². The summed E-state index contributed by atoms with van der Waals surface area (Å²) in [6.07, 6.45) is 2.87. The van der Waals surface area contributed by atoms with Gasteiger partial charge in [0.1, 0.15) is 0 Å². The zero-order valence-electron chi connectivity index (χ0n) is 12.0. The first-order chi connectivity index (χ1) is 10.1. The highest BCUT2D eigenvalue weighted by atomic mass is 19.2. The highest BCUT2D eigenvalue weighted by Crippen LogP contribution is 2.27. The van der Waals surface area contributed by atoms with E-state index in [1.807, 2.05) is 0 Å². The van der Waals surface area contributed by atoms with E-state index in [1.54, 1.807) is 0 Å². The van der Waals surface area contributed by atoms with Gasteiger partial charge in [-0.1, -0.05) is 6.07 Å². The van der Waals surface area contributed by atoms with Gasteiger partial charge in [0.2, 0.25) is 0 Å². The molecule has 0 amide bonds. The molecule has 3 rings (SSSR count). The van der Waals surface area contributed by atoms with Gasteiger partial charge >= 0.3 is 0 Å². The van der Waals surface area contributed by atoms with Gasteiger partial charge in [-0.05, 0) is 25.0 Å². The number of piperazine rings is 1. The fourth-order valence-electron chi connectivity index (χ4n) is 2.91. The number of halogens is 2. The van der Waals surface area contributed by atoms with Crippen molar-refractivity contribution in [2.24, 2.45) is 0 Å². The number of nitrogens with zero attached hydrogens (tertiary/aromatic N) is 2. The molecule has 2 fully saturated rings. The van der Waals surface area contributed by atoms with Crippen LogP contribution in [0.1, 0.15) is 29.6 Å². The van der Waals surface area contributed by atoms with Crippen molar-refractivity contribution >= 4 is 5.78 Å². The summed E-state index contributed by atoms with van der Waals surface area (Å²) in [5.74, 6) is -2.31. The van der Waals surface area contributed by atoms with E-state index < -0.39 is 11.6 Å².